The van der Waals surface area contributed by atoms with Gasteiger partial charge >= 0.3 is 0 Å². The van der Waals surface area contributed by atoms with E-state index in [1.54, 1.807) is 0 Å². The second kappa shape index (κ2) is 3.84. The van der Waals surface area contributed by atoms with Gasteiger partial charge in [-0.25, -0.2) is 0 Å². The smallest absolute Gasteiger partial charge is 0.0849 e. The van der Waals surface area contributed by atoms with Crippen LogP contribution in [0.4, 0.5) is 0 Å². The first-order valence-electron chi connectivity index (χ1n) is 5.58. The van der Waals surface area contributed by atoms with Gasteiger partial charge in [0, 0.05) is 5.92 Å². The predicted octanol–water partition coefficient (Wildman–Crippen LogP) is 1.51. The Labute approximate surface area is 95.4 Å². The van der Waals surface area contributed by atoms with Gasteiger partial charge in [-0.05, 0) is 41.7 Å². The largest absolute Gasteiger partial charge is 0.392 e. The predicted molar refractivity (Wildman–Crippen MR) is 60.9 cm³/mol. The molecule has 3 N–H and O–H groups in total. The number of aryl methyl sites for hydroxylation is 1. The minimum Gasteiger partial charge on any atom is -0.392 e. The molecule has 0 radical (unpaired) electrons. The molecule has 0 saturated carbocycles. The van der Waals surface area contributed by atoms with Crippen molar-refractivity contribution in [3.05, 3.63) is 33.9 Å². The summed E-state index contributed by atoms with van der Waals surface area (Å²) in [6, 6.07) is 1.88. The average Bonchev–Trinajstić information content (AvgIpc) is 2.44. The van der Waals surface area contributed by atoms with E-state index in [1.165, 1.54) is 0 Å². The van der Waals surface area contributed by atoms with E-state index >= 15 is 0 Å². The molecule has 3 nitrogen and oxygen atoms in total. The molecule has 0 heterocycles. The molecule has 88 valence electrons. The van der Waals surface area contributed by atoms with Crippen molar-refractivity contribution in [1.29, 1.82) is 0 Å². The zero-order valence-electron chi connectivity index (χ0n) is 9.86. The summed E-state index contributed by atoms with van der Waals surface area (Å²) in [4.78, 5) is 0. The lowest BCUT2D eigenvalue weighted by atomic mass is 9.93. The molecule has 1 aliphatic carbocycles. The maximum atomic E-state index is 10.1. The summed E-state index contributed by atoms with van der Waals surface area (Å²) in [7, 11) is 0. The molecule has 3 heteroatoms. The average molecular weight is 222 g/mol. The standard InChI is InChI=1S/C13H18O3/c1-6-4-9-11(7(2)10(6)5-14)13(16)8(3)12(9)15/h4,8,12-16H,5H2,1-3H3. The van der Waals surface area contributed by atoms with Crippen molar-refractivity contribution in [3.63, 3.8) is 0 Å². The highest BCUT2D eigenvalue weighted by molar-refractivity contribution is 5.49. The molecule has 0 amide bonds. The number of hydrogen-bond donors (Lipinski definition) is 3. The number of rotatable bonds is 1. The zero-order chi connectivity index (χ0) is 12.0. The molecule has 0 bridgehead atoms. The van der Waals surface area contributed by atoms with E-state index < -0.39 is 12.2 Å². The van der Waals surface area contributed by atoms with Gasteiger partial charge in [0.1, 0.15) is 0 Å². The Kier molecular flexibility index (Phi) is 2.78. The number of fused-ring (bicyclic) bond motifs is 1. The molecule has 0 aromatic heterocycles. The highest BCUT2D eigenvalue weighted by Gasteiger charge is 2.37. The summed E-state index contributed by atoms with van der Waals surface area (Å²) in [6.45, 7) is 5.62. The summed E-state index contributed by atoms with van der Waals surface area (Å²) in [5, 5.41) is 29.4. The van der Waals surface area contributed by atoms with E-state index in [0.29, 0.717) is 0 Å². The van der Waals surface area contributed by atoms with Gasteiger partial charge in [0.15, 0.2) is 0 Å². The summed E-state index contributed by atoms with van der Waals surface area (Å²) < 4.78 is 0. The lowest BCUT2D eigenvalue weighted by molar-refractivity contribution is 0.0451. The molecule has 1 aromatic carbocycles. The van der Waals surface area contributed by atoms with Crippen LogP contribution < -0.4 is 0 Å². The quantitative estimate of drug-likeness (QED) is 0.675. The number of aliphatic hydroxyl groups excluding tert-OH is 3. The van der Waals surface area contributed by atoms with Gasteiger partial charge < -0.3 is 15.3 Å². The zero-order valence-corrected chi connectivity index (χ0v) is 9.86. The molecule has 0 fully saturated rings. The highest BCUT2D eigenvalue weighted by atomic mass is 16.3. The maximum Gasteiger partial charge on any atom is 0.0849 e. The lowest BCUT2D eigenvalue weighted by Crippen LogP contribution is -2.07. The Bertz CT molecular complexity index is 426. The summed E-state index contributed by atoms with van der Waals surface area (Å²) in [5.74, 6) is -0.179. The van der Waals surface area contributed by atoms with Crippen LogP contribution in [0.1, 0.15) is 46.9 Å². The topological polar surface area (TPSA) is 60.7 Å². The van der Waals surface area contributed by atoms with Crippen molar-refractivity contribution in [2.45, 2.75) is 39.6 Å². The van der Waals surface area contributed by atoms with Crippen LogP contribution in [-0.4, -0.2) is 15.3 Å². The molecule has 1 aliphatic rings. The number of benzene rings is 1. The first kappa shape index (κ1) is 11.6. The Balaban J connectivity index is 2.68. The van der Waals surface area contributed by atoms with Crippen LogP contribution in [0.15, 0.2) is 6.07 Å². The molecule has 0 spiro atoms. The normalized spacial score (nSPS) is 28.2. The Morgan fingerprint density at radius 1 is 1.19 bits per heavy atom. The minimum absolute atomic E-state index is 0.0257. The molecular formula is C13H18O3. The first-order chi connectivity index (χ1) is 7.49. The fourth-order valence-electron chi connectivity index (χ4n) is 2.67. The van der Waals surface area contributed by atoms with E-state index in [4.69, 9.17) is 0 Å². The molecule has 0 saturated heterocycles. The third kappa shape index (κ3) is 1.39. The van der Waals surface area contributed by atoms with E-state index in [2.05, 4.69) is 0 Å². The summed E-state index contributed by atoms with van der Waals surface area (Å²) >= 11 is 0. The molecule has 1 aromatic rings. The van der Waals surface area contributed by atoms with Gasteiger partial charge in [0.05, 0.1) is 18.8 Å². The van der Waals surface area contributed by atoms with E-state index in [1.807, 2.05) is 26.8 Å². The van der Waals surface area contributed by atoms with Crippen molar-refractivity contribution in [1.82, 2.24) is 0 Å². The van der Waals surface area contributed by atoms with Crippen molar-refractivity contribution in [3.8, 4) is 0 Å². The lowest BCUT2D eigenvalue weighted by Gasteiger charge is -2.15. The van der Waals surface area contributed by atoms with Crippen LogP contribution in [0.5, 0.6) is 0 Å². The Morgan fingerprint density at radius 3 is 2.38 bits per heavy atom. The number of aliphatic hydroxyl groups is 3. The van der Waals surface area contributed by atoms with Crippen LogP contribution in [0, 0.1) is 19.8 Å². The van der Waals surface area contributed by atoms with Crippen molar-refractivity contribution < 1.29 is 15.3 Å². The van der Waals surface area contributed by atoms with Crippen LogP contribution in [0.3, 0.4) is 0 Å². The summed E-state index contributed by atoms with van der Waals surface area (Å²) in [5.41, 5.74) is 4.36. The van der Waals surface area contributed by atoms with Crippen molar-refractivity contribution in [2.24, 2.45) is 5.92 Å². The van der Waals surface area contributed by atoms with Crippen LogP contribution >= 0.6 is 0 Å². The Hall–Kier alpha value is -0.900. The Morgan fingerprint density at radius 2 is 1.81 bits per heavy atom. The van der Waals surface area contributed by atoms with Crippen molar-refractivity contribution >= 4 is 0 Å². The fraction of sp³-hybridized carbons (Fsp3) is 0.538. The third-order valence-electron chi connectivity index (χ3n) is 3.78. The van der Waals surface area contributed by atoms with Gasteiger partial charge in [0.25, 0.3) is 0 Å². The van der Waals surface area contributed by atoms with E-state index in [-0.39, 0.29) is 12.5 Å². The molecule has 0 aliphatic heterocycles. The molecule has 16 heavy (non-hydrogen) atoms. The summed E-state index contributed by atoms with van der Waals surface area (Å²) in [6.07, 6.45) is -1.23. The SMILES string of the molecule is Cc1cc2c(c(C)c1CO)C(O)C(C)C2O. The van der Waals surface area contributed by atoms with Crippen LogP contribution in [-0.2, 0) is 6.61 Å². The third-order valence-corrected chi connectivity index (χ3v) is 3.78. The van der Waals surface area contributed by atoms with Gasteiger partial charge in [0.2, 0.25) is 0 Å². The maximum absolute atomic E-state index is 10.1. The second-order valence-corrected chi connectivity index (χ2v) is 4.71. The second-order valence-electron chi connectivity index (χ2n) is 4.71. The number of hydrogen-bond acceptors (Lipinski definition) is 3. The molecular weight excluding hydrogens is 204 g/mol. The van der Waals surface area contributed by atoms with E-state index in [0.717, 1.165) is 27.8 Å². The van der Waals surface area contributed by atoms with Gasteiger partial charge in [-0.2, -0.15) is 0 Å². The monoisotopic (exact) mass is 222 g/mol. The molecule has 3 atom stereocenters. The molecule has 3 unspecified atom stereocenters. The van der Waals surface area contributed by atoms with Gasteiger partial charge in [-0.15, -0.1) is 0 Å². The highest BCUT2D eigenvalue weighted by Crippen LogP contribution is 2.46. The van der Waals surface area contributed by atoms with Crippen LogP contribution in [0.2, 0.25) is 0 Å². The first-order valence-corrected chi connectivity index (χ1v) is 5.58. The fourth-order valence-corrected chi connectivity index (χ4v) is 2.67. The van der Waals surface area contributed by atoms with Crippen LogP contribution in [0.25, 0.3) is 0 Å². The van der Waals surface area contributed by atoms with Gasteiger partial charge in [-0.3, -0.25) is 0 Å². The van der Waals surface area contributed by atoms with Gasteiger partial charge in [-0.1, -0.05) is 13.0 Å². The minimum atomic E-state index is -0.629. The molecule has 2 rings (SSSR count). The van der Waals surface area contributed by atoms with E-state index in [9.17, 15) is 15.3 Å². The van der Waals surface area contributed by atoms with Crippen molar-refractivity contribution in [2.75, 3.05) is 0 Å².